The van der Waals surface area contributed by atoms with E-state index in [9.17, 15) is 20.4 Å². The van der Waals surface area contributed by atoms with Crippen molar-refractivity contribution >= 4 is 12.4 Å². The van der Waals surface area contributed by atoms with Gasteiger partial charge in [-0.1, -0.05) is 54.4 Å². The molecule has 6 heteroatoms. The Morgan fingerprint density at radius 1 is 0.647 bits per heavy atom. The number of phenolic OH excluding ortho intramolecular Hbond substituents is 4. The summed E-state index contributed by atoms with van der Waals surface area (Å²) in [6.45, 7) is 11.9. The van der Waals surface area contributed by atoms with Crippen molar-refractivity contribution in [1.82, 2.24) is 0 Å². The summed E-state index contributed by atoms with van der Waals surface area (Å²) in [6.07, 6.45) is 7.07. The van der Waals surface area contributed by atoms with Crippen LogP contribution in [0.5, 0.6) is 23.0 Å². The van der Waals surface area contributed by atoms with E-state index in [1.165, 1.54) is 12.1 Å². The molecule has 0 unspecified atom stereocenters. The van der Waals surface area contributed by atoms with Crippen LogP contribution in [0.3, 0.4) is 0 Å². The lowest BCUT2D eigenvalue weighted by atomic mass is 9.85. The molecule has 2 aromatic carbocycles. The van der Waals surface area contributed by atoms with Crippen LogP contribution in [0.15, 0.2) is 34.3 Å². The minimum absolute atomic E-state index is 0.0774. The van der Waals surface area contributed by atoms with E-state index in [1.54, 1.807) is 24.6 Å². The van der Waals surface area contributed by atoms with Crippen LogP contribution in [0, 0.1) is 0 Å². The van der Waals surface area contributed by atoms with Gasteiger partial charge in [0.05, 0.1) is 12.1 Å². The molecular weight excluding hydrogens is 428 g/mol. The molecule has 1 fully saturated rings. The third kappa shape index (κ3) is 5.91. The van der Waals surface area contributed by atoms with Crippen LogP contribution in [0.1, 0.15) is 89.5 Å². The van der Waals surface area contributed by atoms with E-state index in [4.69, 9.17) is 9.98 Å². The molecule has 6 nitrogen and oxygen atoms in total. The molecule has 1 aliphatic rings. The van der Waals surface area contributed by atoms with Gasteiger partial charge >= 0.3 is 0 Å². The molecule has 4 N–H and O–H groups in total. The van der Waals surface area contributed by atoms with Crippen molar-refractivity contribution in [2.45, 2.75) is 90.1 Å². The molecule has 34 heavy (non-hydrogen) atoms. The normalized spacial score (nSPS) is 19.8. The van der Waals surface area contributed by atoms with Gasteiger partial charge < -0.3 is 20.4 Å². The van der Waals surface area contributed by atoms with Crippen LogP contribution in [0.4, 0.5) is 0 Å². The molecule has 2 atom stereocenters. The fraction of sp³-hybridized carbons (Fsp3) is 0.500. The number of phenols is 4. The lowest BCUT2D eigenvalue weighted by Crippen LogP contribution is -2.27. The minimum atomic E-state index is -0.321. The van der Waals surface area contributed by atoms with Crippen LogP contribution in [0.2, 0.25) is 0 Å². The maximum absolute atomic E-state index is 10.8. The predicted molar refractivity (Wildman–Crippen MR) is 138 cm³/mol. The minimum Gasteiger partial charge on any atom is -0.508 e. The molecule has 0 aromatic heterocycles. The zero-order valence-corrected chi connectivity index (χ0v) is 21.1. The number of hydrogen-bond acceptors (Lipinski definition) is 6. The highest BCUT2D eigenvalue weighted by Crippen LogP contribution is 2.37. The predicted octanol–water partition coefficient (Wildman–Crippen LogP) is 5.95. The number of hydrogen-bond donors (Lipinski definition) is 4. The van der Waals surface area contributed by atoms with Gasteiger partial charge in [-0.3, -0.25) is 9.98 Å². The number of aromatic hydroxyl groups is 4. The Morgan fingerprint density at radius 3 is 1.32 bits per heavy atom. The summed E-state index contributed by atoms with van der Waals surface area (Å²) in [5.74, 6) is 0.446. The van der Waals surface area contributed by atoms with Gasteiger partial charge in [-0.15, -0.1) is 0 Å². The Labute approximate surface area is 202 Å². The molecule has 0 saturated heterocycles. The molecule has 0 radical (unpaired) electrons. The summed E-state index contributed by atoms with van der Waals surface area (Å²) in [5.41, 5.74) is 1.66. The highest BCUT2D eigenvalue weighted by Gasteiger charge is 2.25. The van der Waals surface area contributed by atoms with Crippen LogP contribution in [-0.2, 0) is 10.8 Å². The Hall–Kier alpha value is -3.02. The van der Waals surface area contributed by atoms with E-state index in [0.717, 1.165) is 25.7 Å². The van der Waals surface area contributed by atoms with Crippen LogP contribution < -0.4 is 0 Å². The third-order valence-electron chi connectivity index (χ3n) is 6.37. The number of benzene rings is 2. The first-order valence-corrected chi connectivity index (χ1v) is 12.0. The molecule has 184 valence electrons. The molecule has 1 saturated carbocycles. The van der Waals surface area contributed by atoms with E-state index in [1.807, 2.05) is 41.5 Å². The number of aliphatic imine (C=N–C) groups is 2. The Morgan fingerprint density at radius 2 is 1.00 bits per heavy atom. The van der Waals surface area contributed by atoms with E-state index in [0.29, 0.717) is 22.3 Å². The Bertz CT molecular complexity index is 1000. The van der Waals surface area contributed by atoms with E-state index < -0.39 is 0 Å². The molecule has 0 aliphatic heterocycles. The zero-order chi connectivity index (χ0) is 25.3. The van der Waals surface area contributed by atoms with Crippen molar-refractivity contribution in [3.05, 3.63) is 46.5 Å². The summed E-state index contributed by atoms with van der Waals surface area (Å²) < 4.78 is 0. The molecular formula is C28H38N2O4. The Balaban J connectivity index is 1.88. The standard InChI is InChI=1S/C28H38N2O4/c1-27(2,3)21-13-19(31)11-17(25(21)33)15-29-23-9-7-8-10-24(23)30-16-18-12-20(32)14-22(26(18)34)28(4,5)6/h11-16,23-24,31-34H,7-10H2,1-6H3/t23-,24-/m1/s1. The lowest BCUT2D eigenvalue weighted by molar-refractivity contribution is 0.389. The second-order valence-corrected chi connectivity index (χ2v) is 11.3. The van der Waals surface area contributed by atoms with E-state index >= 15 is 0 Å². The molecule has 3 rings (SSSR count). The molecule has 1 aliphatic carbocycles. The van der Waals surface area contributed by atoms with Gasteiger partial charge in [0.25, 0.3) is 0 Å². The van der Waals surface area contributed by atoms with Gasteiger partial charge in [0.1, 0.15) is 23.0 Å². The second kappa shape index (κ2) is 9.69. The summed E-state index contributed by atoms with van der Waals surface area (Å²) in [4.78, 5) is 9.49. The smallest absolute Gasteiger partial charge is 0.128 e. The summed E-state index contributed by atoms with van der Waals surface area (Å²) in [6, 6.07) is 6.07. The maximum atomic E-state index is 10.8. The third-order valence-corrected chi connectivity index (χ3v) is 6.37. The van der Waals surface area contributed by atoms with Crippen molar-refractivity contribution in [3.63, 3.8) is 0 Å². The Kier molecular flexibility index (Phi) is 7.29. The second-order valence-electron chi connectivity index (χ2n) is 11.3. The quantitative estimate of drug-likeness (QED) is 0.330. The van der Waals surface area contributed by atoms with E-state index in [2.05, 4.69) is 0 Å². The zero-order valence-electron chi connectivity index (χ0n) is 21.1. The summed E-state index contributed by atoms with van der Waals surface area (Å²) in [5, 5.41) is 41.9. The SMILES string of the molecule is CC(C)(C)c1cc(O)cc(C=N[C@@H]2CCCC[C@H]2N=Cc2cc(O)cc(C(C)(C)C)c2O)c1O. The first-order valence-electron chi connectivity index (χ1n) is 12.0. The fourth-order valence-corrected chi connectivity index (χ4v) is 4.41. The van der Waals surface area contributed by atoms with Crippen molar-refractivity contribution in [2.75, 3.05) is 0 Å². The molecule has 0 bridgehead atoms. The van der Waals surface area contributed by atoms with Crippen LogP contribution in [0.25, 0.3) is 0 Å². The lowest BCUT2D eigenvalue weighted by Gasteiger charge is -2.26. The van der Waals surface area contributed by atoms with Crippen LogP contribution in [-0.4, -0.2) is 44.9 Å². The monoisotopic (exact) mass is 466 g/mol. The average Bonchev–Trinajstić information content (AvgIpc) is 2.73. The summed E-state index contributed by atoms with van der Waals surface area (Å²) in [7, 11) is 0. The molecule has 0 heterocycles. The van der Waals surface area contributed by atoms with Crippen molar-refractivity contribution in [3.8, 4) is 23.0 Å². The van der Waals surface area contributed by atoms with Gasteiger partial charge in [0, 0.05) is 34.7 Å². The van der Waals surface area contributed by atoms with Crippen molar-refractivity contribution in [1.29, 1.82) is 0 Å². The molecule has 2 aromatic rings. The molecule has 0 amide bonds. The number of nitrogens with zero attached hydrogens (tertiary/aromatic N) is 2. The maximum Gasteiger partial charge on any atom is 0.128 e. The number of rotatable bonds is 4. The topological polar surface area (TPSA) is 106 Å². The highest BCUT2D eigenvalue weighted by molar-refractivity contribution is 5.86. The highest BCUT2D eigenvalue weighted by atomic mass is 16.3. The largest absolute Gasteiger partial charge is 0.508 e. The van der Waals surface area contributed by atoms with Gasteiger partial charge in [0.2, 0.25) is 0 Å². The van der Waals surface area contributed by atoms with Gasteiger partial charge in [0.15, 0.2) is 0 Å². The van der Waals surface area contributed by atoms with Gasteiger partial charge in [-0.2, -0.15) is 0 Å². The first-order chi connectivity index (χ1) is 15.8. The van der Waals surface area contributed by atoms with E-state index in [-0.39, 0.29) is 45.9 Å². The van der Waals surface area contributed by atoms with Gasteiger partial charge in [-0.05, 0) is 47.9 Å². The van der Waals surface area contributed by atoms with Crippen molar-refractivity contribution in [2.24, 2.45) is 9.98 Å². The molecule has 0 spiro atoms. The van der Waals surface area contributed by atoms with Crippen molar-refractivity contribution < 1.29 is 20.4 Å². The fourth-order valence-electron chi connectivity index (χ4n) is 4.41. The summed E-state index contributed by atoms with van der Waals surface area (Å²) >= 11 is 0. The average molecular weight is 467 g/mol. The van der Waals surface area contributed by atoms with Gasteiger partial charge in [-0.25, -0.2) is 0 Å². The van der Waals surface area contributed by atoms with Crippen LogP contribution >= 0.6 is 0 Å². The first kappa shape index (κ1) is 25.6.